The second-order valence-electron chi connectivity index (χ2n) is 19.1. The average Bonchev–Trinajstić information content (AvgIpc) is 3.42. The predicted octanol–water partition coefficient (Wildman–Crippen LogP) is 1.52. The number of rotatable bonds is 20. The van der Waals surface area contributed by atoms with Gasteiger partial charge in [-0.15, -0.1) is 0 Å². The molecule has 21 nitrogen and oxygen atoms in total. The highest BCUT2D eigenvalue weighted by molar-refractivity contribution is 8.76. The molecular formula is C54H66Cl3N11O10S2. The molecule has 430 valence electrons. The first-order chi connectivity index (χ1) is 38.1. The minimum atomic E-state index is -1.74. The minimum absolute atomic E-state index is 0.00751. The molecule has 16 N–H and O–H groups in total. The highest BCUT2D eigenvalue weighted by Gasteiger charge is 2.36. The molecular weight excluding hydrogens is 1130 g/mol. The standard InChI is InChI=1S/C54H66Cl3N11O10S2/c1-29(69)45-54(78)67-44(52(76)63-40(47(61)71)24-32-10-18-36(56)19-11-32)28-80-79-27-43(66-48(72)38(59)23-30-8-16-35(55)17-9-30)53(77)65-42(26-33-12-20-37(57)21-13-33)51(75)64-41(25-31-6-14-34(15-7-31)46(60)70)50(74)62-39(49(73)68-45)5-3-2-4-22-58/h6-21,29,38-45,69H,2-5,22-28,58-59H2,1H3,(H2,60,70)(H2,61,71)(H,62,74)(H,63,76)(H,64,75)(H,65,77)(H,66,72)(H,67,78)(H,68,73)/t29-,38+,39+,40?,41-,42+,43-,44+,45+/m1/s1. The fourth-order valence-corrected chi connectivity index (χ4v) is 10.9. The third kappa shape index (κ3) is 20.9. The van der Waals surface area contributed by atoms with E-state index in [4.69, 9.17) is 57.7 Å². The van der Waals surface area contributed by atoms with E-state index >= 15 is 0 Å². The van der Waals surface area contributed by atoms with E-state index < -0.39 is 108 Å². The lowest BCUT2D eigenvalue weighted by Gasteiger charge is -2.29. The number of halogens is 3. The number of nitrogens with one attached hydrogen (secondary N) is 7. The van der Waals surface area contributed by atoms with Crippen LogP contribution >= 0.6 is 56.4 Å². The van der Waals surface area contributed by atoms with E-state index in [1.165, 1.54) is 31.2 Å². The number of hydrogen-bond donors (Lipinski definition) is 12. The number of carbonyl (C=O) groups excluding carboxylic acids is 9. The molecule has 0 bridgehead atoms. The van der Waals surface area contributed by atoms with Gasteiger partial charge < -0.3 is 65.3 Å². The van der Waals surface area contributed by atoms with E-state index in [9.17, 15) is 48.3 Å². The molecule has 1 aliphatic heterocycles. The summed E-state index contributed by atoms with van der Waals surface area (Å²) in [6.45, 7) is 1.56. The van der Waals surface area contributed by atoms with Crippen molar-refractivity contribution < 1.29 is 48.3 Å². The normalized spacial score (nSPS) is 21.0. The van der Waals surface area contributed by atoms with E-state index in [2.05, 4.69) is 37.2 Å². The van der Waals surface area contributed by atoms with Gasteiger partial charge in [0.05, 0.1) is 12.1 Å². The second-order valence-corrected chi connectivity index (χ2v) is 22.9. The summed E-state index contributed by atoms with van der Waals surface area (Å²) in [5, 5.41) is 30.9. The fraction of sp³-hybridized carbons (Fsp3) is 0.389. The first-order valence-electron chi connectivity index (χ1n) is 25.5. The van der Waals surface area contributed by atoms with E-state index in [-0.39, 0.29) is 49.2 Å². The number of primary amides is 2. The van der Waals surface area contributed by atoms with Crippen molar-refractivity contribution in [1.82, 2.24) is 37.2 Å². The number of hydrogen-bond acceptors (Lipinski definition) is 14. The van der Waals surface area contributed by atoms with Crippen LogP contribution < -0.4 is 60.2 Å². The van der Waals surface area contributed by atoms with Gasteiger partial charge in [-0.1, -0.05) is 118 Å². The van der Waals surface area contributed by atoms with Crippen LogP contribution in [0.2, 0.25) is 15.1 Å². The molecule has 0 aliphatic carbocycles. The summed E-state index contributed by atoms with van der Waals surface area (Å²) in [6, 6.07) is 13.9. The molecule has 0 saturated carbocycles. The molecule has 26 heteroatoms. The van der Waals surface area contributed by atoms with E-state index in [0.717, 1.165) is 21.6 Å². The lowest BCUT2D eigenvalue weighted by Crippen LogP contribution is -2.62. The summed E-state index contributed by atoms with van der Waals surface area (Å²) in [5.41, 5.74) is 25.8. The predicted molar refractivity (Wildman–Crippen MR) is 309 cm³/mol. The Kier molecular flexibility index (Phi) is 25.8. The summed E-state index contributed by atoms with van der Waals surface area (Å²) < 4.78 is 0. The van der Waals surface area contributed by atoms with Crippen molar-refractivity contribution in [3.05, 3.63) is 140 Å². The number of aliphatic hydroxyl groups is 1. The van der Waals surface area contributed by atoms with Gasteiger partial charge in [-0.2, -0.15) is 0 Å². The molecule has 80 heavy (non-hydrogen) atoms. The third-order valence-electron chi connectivity index (χ3n) is 12.7. The minimum Gasteiger partial charge on any atom is -0.391 e. The maximum Gasteiger partial charge on any atom is 0.248 e. The topological polar surface area (TPSA) is 362 Å². The van der Waals surface area contributed by atoms with Gasteiger partial charge in [0, 0.05) is 51.4 Å². The monoisotopic (exact) mass is 1200 g/mol. The molecule has 1 fully saturated rings. The SMILES string of the molecule is C[C@@H](O)[C@@H]1NC(=O)[C@H](CCCCCN)NC(=O)[C@@H](Cc2ccc(C(N)=O)cc2)NC(=O)[C@H](Cc2ccc(Cl)cc2)NC(=O)[C@H](NC(=O)[C@@H](N)Cc2ccc(Cl)cc2)CSSC[C@@H](C(=O)NC(Cc2ccc(Cl)cc2)C(N)=O)NC1=O. The summed E-state index contributed by atoms with van der Waals surface area (Å²) in [7, 11) is 1.95. The van der Waals surface area contributed by atoms with Crippen LogP contribution in [0.15, 0.2) is 97.1 Å². The van der Waals surface area contributed by atoms with Gasteiger partial charge >= 0.3 is 0 Å². The van der Waals surface area contributed by atoms with Crippen molar-refractivity contribution in [2.75, 3.05) is 18.1 Å². The van der Waals surface area contributed by atoms with Gasteiger partial charge in [0.15, 0.2) is 0 Å². The van der Waals surface area contributed by atoms with Crippen LogP contribution in [0.25, 0.3) is 0 Å². The number of unbranched alkanes of at least 4 members (excludes halogenated alkanes) is 2. The summed E-state index contributed by atoms with van der Waals surface area (Å²) >= 11 is 18.4. The Morgan fingerprint density at radius 1 is 0.613 bits per heavy atom. The highest BCUT2D eigenvalue weighted by Crippen LogP contribution is 2.24. The van der Waals surface area contributed by atoms with Crippen molar-refractivity contribution in [3.63, 3.8) is 0 Å². The summed E-state index contributed by atoms with van der Waals surface area (Å²) in [4.78, 5) is 126. The Morgan fingerprint density at radius 3 is 1.60 bits per heavy atom. The molecule has 9 amide bonds. The van der Waals surface area contributed by atoms with Gasteiger partial charge in [0.1, 0.15) is 42.3 Å². The Labute approximate surface area is 486 Å². The smallest absolute Gasteiger partial charge is 0.248 e. The van der Waals surface area contributed by atoms with E-state index in [0.29, 0.717) is 63.1 Å². The molecule has 1 aliphatic rings. The Hall–Kier alpha value is -6.44. The molecule has 5 rings (SSSR count). The van der Waals surface area contributed by atoms with Crippen LogP contribution in [0.1, 0.15) is 65.2 Å². The summed E-state index contributed by atoms with van der Waals surface area (Å²) in [5.74, 6) is -8.33. The van der Waals surface area contributed by atoms with Gasteiger partial charge in [0.2, 0.25) is 53.2 Å². The van der Waals surface area contributed by atoms with Crippen LogP contribution in [0.4, 0.5) is 0 Å². The molecule has 9 atom stereocenters. The van der Waals surface area contributed by atoms with Crippen molar-refractivity contribution >= 4 is 110 Å². The maximum absolute atomic E-state index is 14.8. The molecule has 1 unspecified atom stereocenters. The number of carbonyl (C=O) groups is 9. The Morgan fingerprint density at radius 2 is 1.09 bits per heavy atom. The van der Waals surface area contributed by atoms with Crippen LogP contribution in [0.3, 0.4) is 0 Å². The van der Waals surface area contributed by atoms with Crippen molar-refractivity contribution in [2.45, 2.75) is 113 Å². The lowest BCUT2D eigenvalue weighted by molar-refractivity contribution is -0.136. The number of nitrogens with two attached hydrogens (primary N) is 4. The molecule has 1 heterocycles. The quantitative estimate of drug-likeness (QED) is 0.0441. The van der Waals surface area contributed by atoms with Crippen LogP contribution in [-0.2, 0) is 64.0 Å². The van der Waals surface area contributed by atoms with Gasteiger partial charge in [-0.3, -0.25) is 43.2 Å². The second kappa shape index (κ2) is 32.1. The zero-order valence-corrected chi connectivity index (χ0v) is 47.5. The fourth-order valence-electron chi connectivity index (χ4n) is 8.19. The molecule has 0 spiro atoms. The van der Waals surface area contributed by atoms with Crippen LogP contribution in [-0.4, -0.2) is 131 Å². The zero-order valence-electron chi connectivity index (χ0n) is 43.6. The van der Waals surface area contributed by atoms with E-state index in [1.807, 2.05) is 0 Å². The first kappa shape index (κ1) is 64.4. The first-order valence-corrected chi connectivity index (χ1v) is 29.1. The largest absolute Gasteiger partial charge is 0.391 e. The van der Waals surface area contributed by atoms with Crippen molar-refractivity contribution in [2.24, 2.45) is 22.9 Å². The lowest BCUT2D eigenvalue weighted by atomic mass is 10.00. The Bertz CT molecular complexity index is 2790. The molecule has 4 aromatic rings. The third-order valence-corrected chi connectivity index (χ3v) is 15.9. The molecule has 1 saturated heterocycles. The highest BCUT2D eigenvalue weighted by atomic mass is 35.5. The van der Waals surface area contributed by atoms with Crippen LogP contribution in [0, 0.1) is 0 Å². The van der Waals surface area contributed by atoms with Gasteiger partial charge in [-0.05, 0) is 104 Å². The van der Waals surface area contributed by atoms with Crippen molar-refractivity contribution in [1.29, 1.82) is 0 Å². The van der Waals surface area contributed by atoms with Gasteiger partial charge in [0.25, 0.3) is 0 Å². The zero-order chi connectivity index (χ0) is 58.5. The van der Waals surface area contributed by atoms with Crippen molar-refractivity contribution in [3.8, 4) is 0 Å². The number of benzene rings is 4. The molecule has 0 aromatic heterocycles. The molecule has 4 aromatic carbocycles. The van der Waals surface area contributed by atoms with Crippen LogP contribution in [0.5, 0.6) is 0 Å². The molecule has 0 radical (unpaired) electrons. The average molecular weight is 1200 g/mol. The van der Waals surface area contributed by atoms with E-state index in [1.54, 1.807) is 72.8 Å². The number of amides is 9. The maximum atomic E-state index is 14.8. The van der Waals surface area contributed by atoms with Gasteiger partial charge in [-0.25, -0.2) is 0 Å². The number of aliphatic hydroxyl groups excluding tert-OH is 1. The Balaban J connectivity index is 1.58. The summed E-state index contributed by atoms with van der Waals surface area (Å²) in [6.07, 6.45) is -0.576.